The molecular formula is C29H32BrClN4O4S. The smallest absolute Gasteiger partial charge is 0.338 e. The van der Waals surface area contributed by atoms with E-state index in [1.807, 2.05) is 50.2 Å². The highest BCUT2D eigenvalue weighted by molar-refractivity contribution is 9.10. The van der Waals surface area contributed by atoms with Crippen molar-refractivity contribution in [3.05, 3.63) is 80.9 Å². The number of unbranched alkanes of at least 4 members (excludes halogenated alkanes) is 1. The van der Waals surface area contributed by atoms with E-state index in [0.29, 0.717) is 57.9 Å². The number of hydrogen-bond donors (Lipinski definition) is 1. The quantitative estimate of drug-likeness (QED) is 0.0879. The van der Waals surface area contributed by atoms with Gasteiger partial charge in [0.2, 0.25) is 11.1 Å². The number of carbonyl (C=O) groups is 1. The van der Waals surface area contributed by atoms with Crippen molar-refractivity contribution in [1.29, 1.82) is 0 Å². The molecule has 1 N–H and O–H groups in total. The minimum absolute atomic E-state index is 0.0869. The molecule has 1 aliphatic heterocycles. The molecule has 0 saturated carbocycles. The third-order valence-electron chi connectivity index (χ3n) is 6.09. The molecule has 2 aromatic carbocycles. The fourth-order valence-corrected chi connectivity index (χ4v) is 5.89. The van der Waals surface area contributed by atoms with Crippen LogP contribution >= 0.6 is 39.3 Å². The van der Waals surface area contributed by atoms with E-state index < -0.39 is 12.0 Å². The molecule has 0 radical (unpaired) electrons. The second-order valence-electron chi connectivity index (χ2n) is 8.96. The van der Waals surface area contributed by atoms with Crippen LogP contribution in [-0.4, -0.2) is 40.6 Å². The number of esters is 1. The van der Waals surface area contributed by atoms with Gasteiger partial charge < -0.3 is 19.5 Å². The molecule has 2 heterocycles. The zero-order valence-corrected chi connectivity index (χ0v) is 25.9. The molecule has 0 bridgehead atoms. The summed E-state index contributed by atoms with van der Waals surface area (Å²) in [6.07, 6.45) is 3.47. The van der Waals surface area contributed by atoms with Crippen LogP contribution < -0.4 is 14.8 Å². The number of benzene rings is 2. The first-order chi connectivity index (χ1) is 19.4. The Hall–Kier alpha value is -2.95. The van der Waals surface area contributed by atoms with Crippen molar-refractivity contribution in [3.8, 4) is 11.5 Å². The van der Waals surface area contributed by atoms with Gasteiger partial charge in [0.25, 0.3) is 0 Å². The maximum absolute atomic E-state index is 13.3. The summed E-state index contributed by atoms with van der Waals surface area (Å²) in [5.74, 6) is 1.84. The van der Waals surface area contributed by atoms with Crippen LogP contribution in [0.15, 0.2) is 70.0 Å². The molecule has 0 spiro atoms. The van der Waals surface area contributed by atoms with E-state index in [2.05, 4.69) is 34.7 Å². The van der Waals surface area contributed by atoms with Crippen molar-refractivity contribution in [2.75, 3.05) is 25.1 Å². The Morgan fingerprint density at radius 1 is 1.27 bits per heavy atom. The van der Waals surface area contributed by atoms with Crippen LogP contribution in [0.25, 0.3) is 0 Å². The number of thioether (sulfide) groups is 1. The van der Waals surface area contributed by atoms with E-state index in [4.69, 9.17) is 35.9 Å². The summed E-state index contributed by atoms with van der Waals surface area (Å²) in [4.78, 5) is 18.1. The number of hydrogen-bond acceptors (Lipinski definition) is 8. The summed E-state index contributed by atoms with van der Waals surface area (Å²) in [5, 5.41) is 9.27. The van der Waals surface area contributed by atoms with Gasteiger partial charge in [0.05, 0.1) is 23.3 Å². The number of halogens is 2. The zero-order chi connectivity index (χ0) is 28.6. The molecule has 212 valence electrons. The predicted octanol–water partition coefficient (Wildman–Crippen LogP) is 7.58. The highest BCUT2D eigenvalue weighted by atomic mass is 79.9. The van der Waals surface area contributed by atoms with Gasteiger partial charge in [-0.3, -0.25) is 0 Å². The van der Waals surface area contributed by atoms with Gasteiger partial charge in [-0.05, 0) is 65.5 Å². The van der Waals surface area contributed by atoms with E-state index in [1.165, 1.54) is 17.8 Å². The minimum atomic E-state index is -0.629. The van der Waals surface area contributed by atoms with E-state index >= 15 is 0 Å². The zero-order valence-electron chi connectivity index (χ0n) is 22.7. The fourth-order valence-electron chi connectivity index (χ4n) is 4.20. The lowest BCUT2D eigenvalue weighted by molar-refractivity contribution is -0.138. The first kappa shape index (κ1) is 30.0. The Morgan fingerprint density at radius 2 is 2.08 bits per heavy atom. The molecular weight excluding hydrogens is 616 g/mol. The number of aromatic nitrogens is 3. The molecule has 0 saturated heterocycles. The molecule has 8 nitrogen and oxygen atoms in total. The number of nitrogens with one attached hydrogen (secondary N) is 1. The van der Waals surface area contributed by atoms with Crippen LogP contribution in [0.3, 0.4) is 0 Å². The van der Waals surface area contributed by atoms with Crippen LogP contribution in [-0.2, 0) is 15.3 Å². The van der Waals surface area contributed by atoms with Gasteiger partial charge in [-0.1, -0.05) is 67.6 Å². The van der Waals surface area contributed by atoms with Crippen molar-refractivity contribution in [2.45, 2.75) is 50.6 Å². The molecule has 0 amide bonds. The minimum Gasteiger partial charge on any atom is -0.490 e. The normalized spacial score (nSPS) is 14.4. The lowest BCUT2D eigenvalue weighted by atomic mass is 9.95. The van der Waals surface area contributed by atoms with Gasteiger partial charge in [-0.15, -0.1) is 5.10 Å². The van der Waals surface area contributed by atoms with Crippen LogP contribution in [0.2, 0.25) is 5.02 Å². The van der Waals surface area contributed by atoms with Gasteiger partial charge in [-0.2, -0.15) is 4.98 Å². The Balaban J connectivity index is 1.76. The number of allylic oxidation sites excluding steroid dienone is 1. The van der Waals surface area contributed by atoms with Crippen LogP contribution in [0.1, 0.15) is 50.8 Å². The Morgan fingerprint density at radius 3 is 2.80 bits per heavy atom. The van der Waals surface area contributed by atoms with Crippen LogP contribution in [0.5, 0.6) is 11.5 Å². The van der Waals surface area contributed by atoms with Gasteiger partial charge >= 0.3 is 5.97 Å². The Kier molecular flexibility index (Phi) is 10.6. The van der Waals surface area contributed by atoms with Crippen molar-refractivity contribution in [2.24, 2.45) is 0 Å². The topological polar surface area (TPSA) is 87.5 Å². The van der Waals surface area contributed by atoms with E-state index in [9.17, 15) is 4.79 Å². The second-order valence-corrected chi connectivity index (χ2v) is 11.2. The number of rotatable bonds is 13. The molecule has 3 aromatic rings. The number of nitrogens with zero attached hydrogens (tertiary/aromatic N) is 3. The molecule has 0 aliphatic carbocycles. The number of fused-ring (bicyclic) bond motifs is 1. The Labute approximate surface area is 252 Å². The number of carbonyl (C=O) groups excluding carboxylic acids is 1. The number of anilines is 1. The lowest BCUT2D eigenvalue weighted by Crippen LogP contribution is -2.29. The first-order valence-electron chi connectivity index (χ1n) is 13.0. The lowest BCUT2D eigenvalue weighted by Gasteiger charge is -2.29. The molecule has 1 atom stereocenters. The SMILES string of the molecule is C=CCOC(=O)C1=C(C)Nc2nc(SCc3ccccc3Cl)nn2C1c1cc(Br)c(OCCCC)c(OCC)c1. The highest BCUT2D eigenvalue weighted by Crippen LogP contribution is 2.43. The average molecular weight is 648 g/mol. The molecule has 0 fully saturated rings. The van der Waals surface area contributed by atoms with Gasteiger partial charge in [0, 0.05) is 16.5 Å². The monoisotopic (exact) mass is 646 g/mol. The third kappa shape index (κ3) is 6.85. The van der Waals surface area contributed by atoms with Crippen molar-refractivity contribution in [1.82, 2.24) is 14.8 Å². The van der Waals surface area contributed by atoms with Gasteiger partial charge in [0.1, 0.15) is 12.6 Å². The first-order valence-corrected chi connectivity index (χ1v) is 15.2. The maximum Gasteiger partial charge on any atom is 0.338 e. The summed E-state index contributed by atoms with van der Waals surface area (Å²) in [6, 6.07) is 10.9. The van der Waals surface area contributed by atoms with Gasteiger partial charge in [0.15, 0.2) is 11.5 Å². The predicted molar refractivity (Wildman–Crippen MR) is 162 cm³/mol. The van der Waals surface area contributed by atoms with E-state index in [0.717, 1.165) is 28.4 Å². The second kappa shape index (κ2) is 14.1. The van der Waals surface area contributed by atoms with E-state index in [-0.39, 0.29) is 6.61 Å². The van der Waals surface area contributed by atoms with Crippen molar-refractivity contribution in [3.63, 3.8) is 0 Å². The van der Waals surface area contributed by atoms with E-state index in [1.54, 1.807) is 4.68 Å². The maximum atomic E-state index is 13.3. The molecule has 4 rings (SSSR count). The summed E-state index contributed by atoms with van der Waals surface area (Å²) in [7, 11) is 0. The molecule has 40 heavy (non-hydrogen) atoms. The molecule has 11 heteroatoms. The largest absolute Gasteiger partial charge is 0.490 e. The average Bonchev–Trinajstić information content (AvgIpc) is 3.34. The third-order valence-corrected chi connectivity index (χ3v) is 7.94. The summed E-state index contributed by atoms with van der Waals surface area (Å²) in [5.41, 5.74) is 2.78. The summed E-state index contributed by atoms with van der Waals surface area (Å²) < 4.78 is 20.0. The molecule has 1 aliphatic rings. The van der Waals surface area contributed by atoms with Crippen LogP contribution in [0, 0.1) is 0 Å². The highest BCUT2D eigenvalue weighted by Gasteiger charge is 2.36. The van der Waals surface area contributed by atoms with Crippen molar-refractivity contribution < 1.29 is 19.0 Å². The van der Waals surface area contributed by atoms with Gasteiger partial charge in [-0.25, -0.2) is 9.48 Å². The number of ether oxygens (including phenoxy) is 3. The molecule has 1 unspecified atom stereocenters. The summed E-state index contributed by atoms with van der Waals surface area (Å²) >= 11 is 11.5. The standard InChI is InChI=1S/C29H32BrClN4O4S/c1-5-8-14-38-26-21(30)15-20(16-23(26)37-7-3)25-24(27(36)39-13-6-2)18(4)32-28-33-29(34-35(25)28)40-17-19-11-9-10-12-22(19)31/h6,9-12,15-16,25H,2,5,7-8,13-14,17H2,1,3-4H3,(H,32,33,34). The fraction of sp³-hybridized carbons (Fsp3) is 0.345. The Bertz CT molecular complexity index is 1410. The van der Waals surface area contributed by atoms with Crippen LogP contribution in [0.4, 0.5) is 5.95 Å². The van der Waals surface area contributed by atoms with Crippen molar-refractivity contribution >= 4 is 51.2 Å². The molecule has 1 aromatic heterocycles. The summed E-state index contributed by atoms with van der Waals surface area (Å²) in [6.45, 7) is 10.6.